The predicted octanol–water partition coefficient (Wildman–Crippen LogP) is 4.09. The van der Waals surface area contributed by atoms with E-state index in [2.05, 4.69) is 10.5 Å². The summed E-state index contributed by atoms with van der Waals surface area (Å²) >= 11 is 0. The van der Waals surface area contributed by atoms with E-state index in [0.717, 1.165) is 43.2 Å². The summed E-state index contributed by atoms with van der Waals surface area (Å²) in [7, 11) is -3.83. The molecule has 7 heteroatoms. The summed E-state index contributed by atoms with van der Waals surface area (Å²) in [6.45, 7) is 5.34. The van der Waals surface area contributed by atoms with Crippen molar-refractivity contribution in [1.29, 1.82) is 0 Å². The number of rotatable bonds is 7. The maximum Gasteiger partial charge on any atom is 0.255 e. The molecule has 31 heavy (non-hydrogen) atoms. The fourth-order valence-electron chi connectivity index (χ4n) is 4.37. The summed E-state index contributed by atoms with van der Waals surface area (Å²) in [6.07, 6.45) is 6.12. The third kappa shape index (κ3) is 5.80. The van der Waals surface area contributed by atoms with E-state index in [-0.39, 0.29) is 12.6 Å². The van der Waals surface area contributed by atoms with Gasteiger partial charge in [-0.1, -0.05) is 67.3 Å². The van der Waals surface area contributed by atoms with E-state index in [1.165, 1.54) is 4.31 Å². The Morgan fingerprint density at radius 1 is 1.06 bits per heavy atom. The van der Waals surface area contributed by atoms with Crippen LogP contribution in [0, 0.1) is 20.8 Å². The largest absolute Gasteiger partial charge is 0.272 e. The van der Waals surface area contributed by atoms with Gasteiger partial charge in [0, 0.05) is 6.04 Å². The van der Waals surface area contributed by atoms with Gasteiger partial charge in [-0.15, -0.1) is 0 Å². The predicted molar refractivity (Wildman–Crippen MR) is 124 cm³/mol. The first-order valence-electron chi connectivity index (χ1n) is 10.8. The quantitative estimate of drug-likeness (QED) is 0.519. The van der Waals surface area contributed by atoms with Crippen LogP contribution in [0.2, 0.25) is 0 Å². The fraction of sp³-hybridized carbons (Fsp3) is 0.417. The number of nitrogens with one attached hydrogen (secondary N) is 1. The molecule has 1 aliphatic carbocycles. The van der Waals surface area contributed by atoms with Gasteiger partial charge in [0.25, 0.3) is 5.91 Å². The lowest BCUT2D eigenvalue weighted by atomic mass is 9.95. The van der Waals surface area contributed by atoms with E-state index in [9.17, 15) is 13.2 Å². The minimum absolute atomic E-state index is 0.178. The molecule has 1 aliphatic rings. The highest BCUT2D eigenvalue weighted by Crippen LogP contribution is 2.31. The number of sulfonamides is 1. The molecule has 1 saturated carbocycles. The molecule has 3 rings (SSSR count). The monoisotopic (exact) mass is 441 g/mol. The summed E-state index contributed by atoms with van der Waals surface area (Å²) in [5.41, 5.74) is 5.78. The molecule has 0 bridgehead atoms. The fourth-order valence-corrected chi connectivity index (χ4v) is 6.42. The number of aryl methyl sites for hydroxylation is 3. The summed E-state index contributed by atoms with van der Waals surface area (Å²) in [5, 5.41) is 4.00. The average Bonchev–Trinajstić information content (AvgIpc) is 2.72. The van der Waals surface area contributed by atoms with E-state index in [1.807, 2.05) is 63.2 Å². The van der Waals surface area contributed by atoms with Crippen LogP contribution < -0.4 is 5.43 Å². The highest BCUT2D eigenvalue weighted by Gasteiger charge is 2.35. The van der Waals surface area contributed by atoms with Crippen LogP contribution in [-0.2, 0) is 14.8 Å². The van der Waals surface area contributed by atoms with Crippen molar-refractivity contribution in [2.75, 3.05) is 6.54 Å². The topological polar surface area (TPSA) is 78.8 Å². The summed E-state index contributed by atoms with van der Waals surface area (Å²) in [5.74, 6) is -0.441. The maximum atomic E-state index is 13.7. The molecule has 0 spiro atoms. The number of amides is 1. The molecule has 0 aliphatic heterocycles. The van der Waals surface area contributed by atoms with Crippen LogP contribution in [0.1, 0.15) is 54.4 Å². The third-order valence-electron chi connectivity index (χ3n) is 5.66. The molecule has 2 aromatic rings. The summed E-state index contributed by atoms with van der Waals surface area (Å²) in [6, 6.07) is 13.0. The van der Waals surface area contributed by atoms with E-state index in [0.29, 0.717) is 16.0 Å². The van der Waals surface area contributed by atoms with Gasteiger partial charge in [0.15, 0.2) is 0 Å². The third-order valence-corrected chi connectivity index (χ3v) is 7.86. The van der Waals surface area contributed by atoms with Gasteiger partial charge < -0.3 is 0 Å². The molecule has 1 amide bonds. The molecule has 0 heterocycles. The SMILES string of the molecule is Cc1cc(C)c(S(=O)(=O)N(CC(=O)NN=Cc2ccccc2)C2CCCCC2)c(C)c1. The number of carbonyl (C=O) groups excluding carboxylic acids is 1. The van der Waals surface area contributed by atoms with Crippen molar-refractivity contribution in [3.63, 3.8) is 0 Å². The Hall–Kier alpha value is -2.51. The molecule has 1 N–H and O–H groups in total. The molecule has 0 aromatic heterocycles. The second kappa shape index (κ2) is 10.2. The summed E-state index contributed by atoms with van der Waals surface area (Å²) in [4.78, 5) is 13.0. The highest BCUT2D eigenvalue weighted by atomic mass is 32.2. The molecule has 6 nitrogen and oxygen atoms in total. The van der Waals surface area contributed by atoms with E-state index < -0.39 is 15.9 Å². The van der Waals surface area contributed by atoms with Gasteiger partial charge in [0.1, 0.15) is 0 Å². The summed E-state index contributed by atoms with van der Waals surface area (Å²) < 4.78 is 28.8. The smallest absolute Gasteiger partial charge is 0.255 e. The van der Waals surface area contributed by atoms with Crippen LogP contribution in [0.5, 0.6) is 0 Å². The Balaban J connectivity index is 1.84. The molecule has 0 unspecified atom stereocenters. The van der Waals surface area contributed by atoms with E-state index in [1.54, 1.807) is 6.21 Å². The van der Waals surface area contributed by atoms with E-state index in [4.69, 9.17) is 0 Å². The number of hydrogen-bond acceptors (Lipinski definition) is 4. The van der Waals surface area contributed by atoms with Crippen molar-refractivity contribution >= 4 is 22.1 Å². The molecular weight excluding hydrogens is 410 g/mol. The van der Waals surface area contributed by atoms with Crippen LogP contribution in [0.3, 0.4) is 0 Å². The van der Waals surface area contributed by atoms with E-state index >= 15 is 0 Å². The van der Waals surface area contributed by atoms with Gasteiger partial charge in [-0.3, -0.25) is 4.79 Å². The Labute approximate surface area is 185 Å². The number of carbonyl (C=O) groups is 1. The molecular formula is C24H31N3O3S. The maximum absolute atomic E-state index is 13.7. The lowest BCUT2D eigenvalue weighted by molar-refractivity contribution is -0.121. The molecule has 166 valence electrons. The Kier molecular flexibility index (Phi) is 7.62. The van der Waals surface area contributed by atoms with Crippen molar-refractivity contribution in [2.24, 2.45) is 5.10 Å². The van der Waals surface area contributed by atoms with Gasteiger partial charge in [0.05, 0.1) is 17.7 Å². The highest BCUT2D eigenvalue weighted by molar-refractivity contribution is 7.89. The van der Waals surface area contributed by atoms with Crippen LogP contribution in [0.4, 0.5) is 0 Å². The number of nitrogens with zero attached hydrogens (tertiary/aromatic N) is 2. The van der Waals surface area contributed by atoms with Gasteiger partial charge in [-0.05, 0) is 50.3 Å². The zero-order chi connectivity index (χ0) is 22.4. The van der Waals surface area contributed by atoms with Crippen LogP contribution >= 0.6 is 0 Å². The first-order valence-corrected chi connectivity index (χ1v) is 12.2. The minimum Gasteiger partial charge on any atom is -0.272 e. The molecule has 1 fully saturated rings. The van der Waals surface area contributed by atoms with Gasteiger partial charge >= 0.3 is 0 Å². The van der Waals surface area contributed by atoms with Crippen molar-refractivity contribution in [3.05, 3.63) is 64.7 Å². The first kappa shape index (κ1) is 23.2. The Morgan fingerprint density at radius 3 is 2.29 bits per heavy atom. The van der Waals surface area contributed by atoms with Gasteiger partial charge in [0.2, 0.25) is 10.0 Å². The minimum atomic E-state index is -3.83. The Morgan fingerprint density at radius 2 is 1.68 bits per heavy atom. The molecule has 0 atom stereocenters. The average molecular weight is 442 g/mol. The van der Waals surface area contributed by atoms with Crippen molar-refractivity contribution in [3.8, 4) is 0 Å². The zero-order valence-electron chi connectivity index (χ0n) is 18.5. The number of hydrazone groups is 1. The first-order chi connectivity index (χ1) is 14.8. The second-order valence-corrected chi connectivity index (χ2v) is 10.1. The second-order valence-electron chi connectivity index (χ2n) is 8.27. The number of benzene rings is 2. The van der Waals surface area contributed by atoms with Gasteiger partial charge in [-0.2, -0.15) is 9.41 Å². The number of hydrogen-bond donors (Lipinski definition) is 1. The normalized spacial score (nSPS) is 15.5. The van der Waals surface area contributed by atoms with Crippen LogP contribution in [0.25, 0.3) is 0 Å². The van der Waals surface area contributed by atoms with Crippen LogP contribution in [0.15, 0.2) is 52.5 Å². The molecule has 0 radical (unpaired) electrons. The lowest BCUT2D eigenvalue weighted by Crippen LogP contribution is -2.46. The van der Waals surface area contributed by atoms with Crippen molar-refractivity contribution in [1.82, 2.24) is 9.73 Å². The zero-order valence-corrected chi connectivity index (χ0v) is 19.3. The molecule has 0 saturated heterocycles. The van der Waals surface area contributed by atoms with Crippen molar-refractivity contribution in [2.45, 2.75) is 63.8 Å². The van der Waals surface area contributed by atoms with Crippen molar-refractivity contribution < 1.29 is 13.2 Å². The molecule has 2 aromatic carbocycles. The van der Waals surface area contributed by atoms with Crippen LogP contribution in [-0.4, -0.2) is 37.4 Å². The standard InChI is InChI=1S/C24H31N3O3S/c1-18-14-19(2)24(20(3)15-18)31(29,30)27(22-12-8-5-9-13-22)17-23(28)26-25-16-21-10-6-4-7-11-21/h4,6-7,10-11,14-16,22H,5,8-9,12-13,17H2,1-3H3,(H,26,28). The lowest BCUT2D eigenvalue weighted by Gasteiger charge is -2.33. The van der Waals surface area contributed by atoms with Gasteiger partial charge in [-0.25, -0.2) is 13.8 Å². The Bertz CT molecular complexity index is 1020.